The van der Waals surface area contributed by atoms with Crippen LogP contribution >= 0.6 is 0 Å². The molecule has 0 atom stereocenters. The summed E-state index contributed by atoms with van der Waals surface area (Å²) < 4.78 is 2.32. The summed E-state index contributed by atoms with van der Waals surface area (Å²) in [5.41, 5.74) is 14.2. The van der Waals surface area contributed by atoms with Crippen LogP contribution in [0.15, 0.2) is 152 Å². The lowest BCUT2D eigenvalue weighted by Gasteiger charge is -2.26. The molecule has 0 bridgehead atoms. The van der Waals surface area contributed by atoms with E-state index in [0.717, 1.165) is 51.6 Å². The number of nitrogens with zero attached hydrogens (tertiary/aromatic N) is 4. The normalized spacial score (nSPS) is 11.9. The number of fused-ring (bicyclic) bond motifs is 7. The van der Waals surface area contributed by atoms with Gasteiger partial charge < -0.3 is 4.90 Å². The van der Waals surface area contributed by atoms with Crippen molar-refractivity contribution in [1.82, 2.24) is 14.5 Å². The zero-order valence-corrected chi connectivity index (χ0v) is 25.4. The van der Waals surface area contributed by atoms with Crippen LogP contribution < -0.4 is 4.90 Å². The summed E-state index contributed by atoms with van der Waals surface area (Å²) in [5.74, 6) is 0.907. The molecular weight excluding hydrogens is 560 g/mol. The molecule has 1 aliphatic rings. The number of hydrogen-bond donors (Lipinski definition) is 0. The van der Waals surface area contributed by atoms with Crippen molar-refractivity contribution >= 4 is 38.9 Å². The van der Waals surface area contributed by atoms with Gasteiger partial charge in [-0.2, -0.15) is 0 Å². The van der Waals surface area contributed by atoms with E-state index in [-0.39, 0.29) is 0 Å². The third kappa shape index (κ3) is 4.22. The Hall–Kier alpha value is -6.00. The monoisotopic (exact) mass is 590 g/mol. The highest BCUT2D eigenvalue weighted by molar-refractivity contribution is 6.18. The van der Waals surface area contributed by atoms with Gasteiger partial charge >= 0.3 is 0 Å². The van der Waals surface area contributed by atoms with Crippen LogP contribution in [0.2, 0.25) is 0 Å². The molecule has 3 aromatic heterocycles. The first-order chi connectivity index (χ1) is 22.7. The molecule has 0 amide bonds. The fraction of sp³-hybridized carbons (Fsp3) is 0.0476. The molecule has 8 aromatic rings. The lowest BCUT2D eigenvalue weighted by atomic mass is 9.99. The molecule has 4 heteroatoms. The Balaban J connectivity index is 1.30. The van der Waals surface area contributed by atoms with Crippen molar-refractivity contribution in [2.24, 2.45) is 0 Å². The Bertz CT molecular complexity index is 2390. The predicted molar refractivity (Wildman–Crippen MR) is 189 cm³/mol. The smallest absolute Gasteiger partial charge is 0.137 e. The second-order valence-corrected chi connectivity index (χ2v) is 12.0. The Morgan fingerprint density at radius 1 is 0.609 bits per heavy atom. The molecule has 0 spiro atoms. The van der Waals surface area contributed by atoms with Gasteiger partial charge in [-0.25, -0.2) is 4.98 Å². The first-order valence-electron chi connectivity index (χ1n) is 15.7. The molecule has 0 unspecified atom stereocenters. The predicted octanol–water partition coefficient (Wildman–Crippen LogP) is 10.6. The quantitative estimate of drug-likeness (QED) is 0.200. The third-order valence-electron chi connectivity index (χ3n) is 9.13. The molecule has 218 valence electrons. The van der Waals surface area contributed by atoms with Crippen molar-refractivity contribution in [2.45, 2.75) is 13.3 Å². The van der Waals surface area contributed by atoms with Crippen molar-refractivity contribution in [3.05, 3.63) is 169 Å². The molecular formula is C42H30N4. The van der Waals surface area contributed by atoms with Gasteiger partial charge in [0.05, 0.1) is 16.7 Å². The van der Waals surface area contributed by atoms with Crippen molar-refractivity contribution in [2.75, 3.05) is 4.90 Å². The van der Waals surface area contributed by atoms with E-state index in [1.54, 1.807) is 0 Å². The highest BCUT2D eigenvalue weighted by Gasteiger charge is 2.25. The minimum Gasteiger partial charge on any atom is -0.310 e. The SMILES string of the molecule is Cc1ccc(-c2cccc(N(c3ccccc3)c3ccc4c5c6c(ccc5n(-c5ccccn5)c4c3)Cc3ccccc3-6)c2)nc1. The maximum Gasteiger partial charge on any atom is 0.137 e. The van der Waals surface area contributed by atoms with E-state index in [4.69, 9.17) is 9.97 Å². The van der Waals surface area contributed by atoms with E-state index in [2.05, 4.69) is 150 Å². The Morgan fingerprint density at radius 2 is 1.43 bits per heavy atom. The van der Waals surface area contributed by atoms with E-state index in [1.165, 1.54) is 38.5 Å². The standard InChI is InChI=1S/C42H30N4/c1-28-17-21-37(44-27-28)30-11-9-14-33(25-30)45(32-12-3-2-4-13-32)34-19-20-36-39(26-34)46(40-16-7-8-23-43-40)38-22-18-31-24-29-10-5-6-15-35(29)41(31)42(36)38/h2-23,25-27H,24H2,1H3. The molecule has 0 fully saturated rings. The number of aromatic nitrogens is 3. The van der Waals surface area contributed by atoms with Crippen LogP contribution in [0.4, 0.5) is 17.1 Å². The topological polar surface area (TPSA) is 34.0 Å². The summed E-state index contributed by atoms with van der Waals surface area (Å²) in [7, 11) is 0. The van der Waals surface area contributed by atoms with Crippen molar-refractivity contribution in [3.63, 3.8) is 0 Å². The van der Waals surface area contributed by atoms with Crippen molar-refractivity contribution in [3.8, 4) is 28.2 Å². The highest BCUT2D eigenvalue weighted by atomic mass is 15.1. The number of para-hydroxylation sites is 1. The summed E-state index contributed by atoms with van der Waals surface area (Å²) in [6, 6.07) is 49.9. The van der Waals surface area contributed by atoms with Gasteiger partial charge in [0.25, 0.3) is 0 Å². The maximum atomic E-state index is 4.84. The van der Waals surface area contributed by atoms with Gasteiger partial charge in [-0.05, 0) is 102 Å². The fourth-order valence-electron chi connectivity index (χ4n) is 7.06. The third-order valence-corrected chi connectivity index (χ3v) is 9.13. The summed E-state index contributed by atoms with van der Waals surface area (Å²) in [4.78, 5) is 11.9. The number of anilines is 3. The average molecular weight is 591 g/mol. The first-order valence-corrected chi connectivity index (χ1v) is 15.7. The molecule has 46 heavy (non-hydrogen) atoms. The molecule has 0 N–H and O–H groups in total. The van der Waals surface area contributed by atoms with Crippen LogP contribution in [0.25, 0.3) is 50.0 Å². The summed E-state index contributed by atoms with van der Waals surface area (Å²) >= 11 is 0. The largest absolute Gasteiger partial charge is 0.310 e. The zero-order chi connectivity index (χ0) is 30.6. The van der Waals surface area contributed by atoms with Crippen LogP contribution in [0.5, 0.6) is 0 Å². The van der Waals surface area contributed by atoms with E-state index in [9.17, 15) is 0 Å². The number of pyridine rings is 2. The van der Waals surface area contributed by atoms with Crippen LogP contribution in [0.3, 0.4) is 0 Å². The molecule has 1 aliphatic carbocycles. The van der Waals surface area contributed by atoms with Crippen LogP contribution in [0.1, 0.15) is 16.7 Å². The Labute approximate surface area is 267 Å². The number of hydrogen-bond acceptors (Lipinski definition) is 3. The Kier molecular flexibility index (Phi) is 6.07. The molecule has 0 aliphatic heterocycles. The van der Waals surface area contributed by atoms with Crippen LogP contribution in [-0.2, 0) is 6.42 Å². The molecule has 0 radical (unpaired) electrons. The Morgan fingerprint density at radius 3 is 2.28 bits per heavy atom. The van der Waals surface area contributed by atoms with Gasteiger partial charge in [0.1, 0.15) is 5.82 Å². The minimum atomic E-state index is 0.907. The van der Waals surface area contributed by atoms with E-state index < -0.39 is 0 Å². The first kappa shape index (κ1) is 26.4. The van der Waals surface area contributed by atoms with E-state index >= 15 is 0 Å². The van der Waals surface area contributed by atoms with Crippen molar-refractivity contribution in [1.29, 1.82) is 0 Å². The summed E-state index contributed by atoms with van der Waals surface area (Å²) in [6.07, 6.45) is 4.76. The van der Waals surface area contributed by atoms with E-state index in [1.807, 2.05) is 18.5 Å². The number of rotatable bonds is 5. The molecule has 5 aromatic carbocycles. The second-order valence-electron chi connectivity index (χ2n) is 12.0. The zero-order valence-electron chi connectivity index (χ0n) is 25.4. The molecule has 9 rings (SSSR count). The molecule has 4 nitrogen and oxygen atoms in total. The lowest BCUT2D eigenvalue weighted by molar-refractivity contribution is 1.08. The second kappa shape index (κ2) is 10.6. The average Bonchev–Trinajstić information content (AvgIpc) is 3.65. The summed E-state index contributed by atoms with van der Waals surface area (Å²) in [6.45, 7) is 2.07. The van der Waals surface area contributed by atoms with Crippen LogP contribution in [-0.4, -0.2) is 14.5 Å². The van der Waals surface area contributed by atoms with Gasteiger partial charge in [-0.3, -0.25) is 9.55 Å². The van der Waals surface area contributed by atoms with Gasteiger partial charge in [0, 0.05) is 45.8 Å². The minimum absolute atomic E-state index is 0.907. The van der Waals surface area contributed by atoms with E-state index in [0.29, 0.717) is 0 Å². The van der Waals surface area contributed by atoms with Gasteiger partial charge in [0.15, 0.2) is 0 Å². The fourth-order valence-corrected chi connectivity index (χ4v) is 7.06. The van der Waals surface area contributed by atoms with Gasteiger partial charge in [-0.15, -0.1) is 0 Å². The lowest BCUT2D eigenvalue weighted by Crippen LogP contribution is -2.10. The molecule has 0 saturated carbocycles. The molecule has 3 heterocycles. The van der Waals surface area contributed by atoms with Gasteiger partial charge in [0.2, 0.25) is 0 Å². The summed E-state index contributed by atoms with van der Waals surface area (Å²) in [5, 5.41) is 2.51. The maximum absolute atomic E-state index is 4.84. The molecule has 0 saturated heterocycles. The highest BCUT2D eigenvalue weighted by Crippen LogP contribution is 2.47. The number of benzene rings is 5. The van der Waals surface area contributed by atoms with Crippen molar-refractivity contribution < 1.29 is 0 Å². The number of aryl methyl sites for hydroxylation is 1. The van der Waals surface area contributed by atoms with Crippen LogP contribution in [0, 0.1) is 6.92 Å². The van der Waals surface area contributed by atoms with Gasteiger partial charge in [-0.1, -0.05) is 78.9 Å².